The third-order valence-electron chi connectivity index (χ3n) is 2.11. The van der Waals surface area contributed by atoms with Crippen molar-refractivity contribution in [3.8, 4) is 0 Å². The Morgan fingerprint density at radius 1 is 1.57 bits per heavy atom. The molecule has 7 heteroatoms. The van der Waals surface area contributed by atoms with Crippen molar-refractivity contribution in [1.29, 1.82) is 0 Å². The molecular formula is C7H12F3N3O. The highest BCUT2D eigenvalue weighted by Gasteiger charge is 2.36. The van der Waals surface area contributed by atoms with Crippen molar-refractivity contribution >= 4 is 6.03 Å². The lowest BCUT2D eigenvalue weighted by atomic mass is 10.2. The number of alkyl halides is 3. The molecule has 0 aromatic rings. The quantitative estimate of drug-likeness (QED) is 0.689. The van der Waals surface area contributed by atoms with Crippen LogP contribution in [-0.2, 0) is 0 Å². The minimum atomic E-state index is -4.39. The number of nitrogens with one attached hydrogen (secondary N) is 1. The van der Waals surface area contributed by atoms with Gasteiger partial charge in [0, 0.05) is 12.6 Å². The van der Waals surface area contributed by atoms with Gasteiger partial charge in [0.15, 0.2) is 0 Å². The van der Waals surface area contributed by atoms with E-state index in [0.29, 0.717) is 24.4 Å². The number of halogens is 3. The summed E-state index contributed by atoms with van der Waals surface area (Å²) in [6.45, 7) is -0.278. The largest absolute Gasteiger partial charge is 0.406 e. The normalized spacial score (nSPS) is 22.4. The monoisotopic (exact) mass is 211 g/mol. The number of hydrogen-bond acceptors (Lipinski definition) is 2. The van der Waals surface area contributed by atoms with Crippen LogP contribution in [0.15, 0.2) is 0 Å². The van der Waals surface area contributed by atoms with Gasteiger partial charge in [0.25, 0.3) is 0 Å². The topological polar surface area (TPSA) is 58.4 Å². The van der Waals surface area contributed by atoms with E-state index in [0.717, 1.165) is 0 Å². The summed E-state index contributed by atoms with van der Waals surface area (Å²) in [5.41, 5.74) is 4.88. The number of carbonyl (C=O) groups excluding carboxylic acids is 1. The van der Waals surface area contributed by atoms with Crippen LogP contribution in [0.5, 0.6) is 0 Å². The van der Waals surface area contributed by atoms with E-state index in [9.17, 15) is 18.0 Å². The Morgan fingerprint density at radius 3 is 2.57 bits per heavy atom. The van der Waals surface area contributed by atoms with Crippen LogP contribution in [-0.4, -0.2) is 42.8 Å². The maximum atomic E-state index is 12.0. The summed E-state index contributed by atoms with van der Waals surface area (Å²) in [4.78, 5) is 11.5. The molecule has 1 atom stereocenters. The van der Waals surface area contributed by atoms with Crippen LogP contribution in [0.4, 0.5) is 18.0 Å². The molecule has 1 fully saturated rings. The minimum Gasteiger partial charge on any atom is -0.351 e. The second-order valence-electron chi connectivity index (χ2n) is 3.23. The third-order valence-corrected chi connectivity index (χ3v) is 2.11. The van der Waals surface area contributed by atoms with Gasteiger partial charge < -0.3 is 16.0 Å². The second-order valence-corrected chi connectivity index (χ2v) is 3.23. The average molecular weight is 211 g/mol. The van der Waals surface area contributed by atoms with Crippen molar-refractivity contribution in [2.45, 2.75) is 18.6 Å². The summed E-state index contributed by atoms with van der Waals surface area (Å²) in [5.74, 6) is 0. The van der Waals surface area contributed by atoms with Crippen molar-refractivity contribution in [3.63, 3.8) is 0 Å². The lowest BCUT2D eigenvalue weighted by Gasteiger charge is -2.27. The molecule has 2 amide bonds. The van der Waals surface area contributed by atoms with Crippen LogP contribution in [0, 0.1) is 0 Å². The molecule has 0 spiro atoms. The molecule has 0 aliphatic carbocycles. The fraction of sp³-hybridized carbons (Fsp3) is 0.857. The van der Waals surface area contributed by atoms with E-state index in [1.165, 1.54) is 0 Å². The molecule has 1 unspecified atom stereocenters. The minimum absolute atomic E-state index is 0.374. The first kappa shape index (κ1) is 11.1. The Bertz CT molecular complexity index is 213. The van der Waals surface area contributed by atoms with Crippen LogP contribution in [0.25, 0.3) is 0 Å². The Kier molecular flexibility index (Phi) is 3.20. The van der Waals surface area contributed by atoms with E-state index < -0.39 is 24.8 Å². The number of hydrogen-bond donors (Lipinski definition) is 2. The first-order chi connectivity index (χ1) is 6.40. The van der Waals surface area contributed by atoms with Gasteiger partial charge >= 0.3 is 12.2 Å². The maximum Gasteiger partial charge on any atom is 0.406 e. The molecule has 4 nitrogen and oxygen atoms in total. The molecule has 1 saturated heterocycles. The van der Waals surface area contributed by atoms with E-state index in [1.807, 2.05) is 0 Å². The van der Waals surface area contributed by atoms with Gasteiger partial charge in [-0.3, -0.25) is 0 Å². The molecular weight excluding hydrogens is 199 g/mol. The van der Waals surface area contributed by atoms with Crippen molar-refractivity contribution in [2.24, 2.45) is 5.73 Å². The number of nitrogens with two attached hydrogens (primary N) is 1. The van der Waals surface area contributed by atoms with E-state index in [4.69, 9.17) is 5.73 Å². The van der Waals surface area contributed by atoms with Crippen LogP contribution >= 0.6 is 0 Å². The molecule has 1 aliphatic rings. The highest BCUT2D eigenvalue weighted by molar-refractivity contribution is 5.72. The van der Waals surface area contributed by atoms with Crippen LogP contribution in [0.3, 0.4) is 0 Å². The molecule has 14 heavy (non-hydrogen) atoms. The molecule has 1 aliphatic heterocycles. The maximum absolute atomic E-state index is 12.0. The van der Waals surface area contributed by atoms with Crippen molar-refractivity contribution in [3.05, 3.63) is 0 Å². The van der Waals surface area contributed by atoms with Gasteiger partial charge in [0.05, 0.1) is 0 Å². The number of amides is 2. The summed E-state index contributed by atoms with van der Waals surface area (Å²) >= 11 is 0. The molecule has 0 bridgehead atoms. The summed E-state index contributed by atoms with van der Waals surface area (Å²) in [6.07, 6.45) is -3.88. The van der Waals surface area contributed by atoms with Crippen molar-refractivity contribution < 1.29 is 18.0 Å². The number of nitrogens with zero attached hydrogens (tertiary/aromatic N) is 1. The first-order valence-electron chi connectivity index (χ1n) is 4.23. The van der Waals surface area contributed by atoms with Gasteiger partial charge in [-0.1, -0.05) is 0 Å². The van der Waals surface area contributed by atoms with Crippen LogP contribution < -0.4 is 11.1 Å². The molecule has 1 heterocycles. The average Bonchev–Trinajstić information content (AvgIpc) is 2.49. The lowest BCUT2D eigenvalue weighted by Crippen LogP contribution is -2.49. The molecule has 3 N–H and O–H groups in total. The van der Waals surface area contributed by atoms with E-state index in [-0.39, 0.29) is 0 Å². The molecule has 82 valence electrons. The molecule has 1 rings (SSSR count). The van der Waals surface area contributed by atoms with Crippen molar-refractivity contribution in [1.82, 2.24) is 10.2 Å². The zero-order chi connectivity index (χ0) is 10.8. The van der Waals surface area contributed by atoms with Gasteiger partial charge in [-0.05, 0) is 13.0 Å². The lowest BCUT2D eigenvalue weighted by molar-refractivity contribution is -0.142. The van der Waals surface area contributed by atoms with E-state index in [2.05, 4.69) is 5.32 Å². The van der Waals surface area contributed by atoms with Crippen molar-refractivity contribution in [2.75, 3.05) is 19.6 Å². The molecule has 0 aromatic carbocycles. The van der Waals surface area contributed by atoms with Crippen LogP contribution in [0.2, 0.25) is 0 Å². The number of urea groups is 1. The molecule has 0 radical (unpaired) electrons. The van der Waals surface area contributed by atoms with Crippen LogP contribution in [0.1, 0.15) is 6.42 Å². The zero-order valence-electron chi connectivity index (χ0n) is 7.47. The zero-order valence-corrected chi connectivity index (χ0v) is 7.47. The summed E-state index contributed by atoms with van der Waals surface area (Å²) < 4.78 is 36.1. The smallest absolute Gasteiger partial charge is 0.351 e. The highest BCUT2D eigenvalue weighted by Crippen LogP contribution is 2.19. The van der Waals surface area contributed by atoms with Gasteiger partial charge in [0.2, 0.25) is 0 Å². The first-order valence-corrected chi connectivity index (χ1v) is 4.23. The van der Waals surface area contributed by atoms with E-state index >= 15 is 0 Å². The Hall–Kier alpha value is -0.980. The third kappa shape index (κ3) is 3.06. The predicted octanol–water partition coefficient (Wildman–Crippen LogP) is 0.291. The highest BCUT2D eigenvalue weighted by atomic mass is 19.4. The fourth-order valence-electron chi connectivity index (χ4n) is 1.49. The Balaban J connectivity index is 2.59. The second kappa shape index (κ2) is 4.04. The van der Waals surface area contributed by atoms with E-state index in [1.54, 1.807) is 0 Å². The fourth-order valence-corrected chi connectivity index (χ4v) is 1.49. The predicted molar refractivity (Wildman–Crippen MR) is 43.6 cm³/mol. The van der Waals surface area contributed by atoms with Gasteiger partial charge in [-0.2, -0.15) is 13.2 Å². The number of carbonyl (C=O) groups is 1. The number of primary amides is 1. The van der Waals surface area contributed by atoms with Gasteiger partial charge in [-0.15, -0.1) is 0 Å². The number of rotatable bonds is 2. The summed E-state index contributed by atoms with van der Waals surface area (Å²) in [5, 5.41) is 2.88. The summed E-state index contributed by atoms with van der Waals surface area (Å²) in [7, 11) is 0. The van der Waals surface area contributed by atoms with Gasteiger partial charge in [-0.25, -0.2) is 4.79 Å². The molecule has 0 aromatic heterocycles. The van der Waals surface area contributed by atoms with Gasteiger partial charge in [0.1, 0.15) is 6.54 Å². The Labute approximate surface area is 79.2 Å². The SMILES string of the molecule is NC(=O)N(CC(F)(F)F)C1CCNC1. The summed E-state index contributed by atoms with van der Waals surface area (Å²) in [6, 6.07) is -1.45. The standard InChI is InChI=1S/C7H12F3N3O/c8-7(9,10)4-13(6(11)14)5-1-2-12-3-5/h5,12H,1-4H2,(H2,11,14). The Morgan fingerprint density at radius 2 is 2.21 bits per heavy atom. The molecule has 0 saturated carbocycles.